The molecule has 0 fully saturated rings. The normalized spacial score (nSPS) is 11.4. The molecule has 0 aliphatic carbocycles. The molecule has 4 aromatic rings. The molecule has 4 rings (SSSR count). The molecule has 1 heterocycles. The van der Waals surface area contributed by atoms with Gasteiger partial charge in [0.15, 0.2) is 0 Å². The highest BCUT2D eigenvalue weighted by Crippen LogP contribution is 2.37. The van der Waals surface area contributed by atoms with E-state index in [2.05, 4.69) is 0 Å². The van der Waals surface area contributed by atoms with Crippen LogP contribution in [0.4, 0.5) is 0 Å². The van der Waals surface area contributed by atoms with Gasteiger partial charge in [-0.25, -0.2) is 0 Å². The molecule has 0 spiro atoms. The molecule has 1 aromatic heterocycles. The first-order valence-corrected chi connectivity index (χ1v) is 7.72. The van der Waals surface area contributed by atoms with Crippen LogP contribution in [0.5, 0.6) is 11.5 Å². The lowest BCUT2D eigenvalue weighted by Gasteiger charge is -2.10. The summed E-state index contributed by atoms with van der Waals surface area (Å²) in [6.07, 6.45) is 0. The fourth-order valence-electron chi connectivity index (χ4n) is 2.93. The third-order valence-electron chi connectivity index (χ3n) is 3.89. The van der Waals surface area contributed by atoms with Gasteiger partial charge in [0.05, 0.1) is 16.7 Å². The number of benzene rings is 3. The number of phenolic OH excluding ortho intramolecular Hbond substituents is 2. The molecule has 0 aliphatic heterocycles. The smallest absolute Gasteiger partial charge is 0.143 e. The zero-order valence-electron chi connectivity index (χ0n) is 11.8. The number of phenols is 2. The van der Waals surface area contributed by atoms with E-state index in [1.807, 2.05) is 41.0 Å². The van der Waals surface area contributed by atoms with Gasteiger partial charge in [-0.05, 0) is 36.4 Å². The number of hydrogen-bond donors (Lipinski definition) is 2. The Bertz CT molecular complexity index is 1010. The van der Waals surface area contributed by atoms with E-state index in [-0.39, 0.29) is 11.5 Å². The van der Waals surface area contributed by atoms with Crippen molar-refractivity contribution in [1.82, 2.24) is 4.57 Å². The standard InChI is InChI=1S/C18H11Cl2NO2/c19-10-1-4-13-14-5-2-11(20)8-17(14)21(16(13)7-10)15-6-3-12(22)9-18(15)23/h1-9,22-23H. The van der Waals surface area contributed by atoms with Crippen LogP contribution in [0.3, 0.4) is 0 Å². The van der Waals surface area contributed by atoms with Crippen molar-refractivity contribution in [3.05, 3.63) is 64.6 Å². The van der Waals surface area contributed by atoms with Gasteiger partial charge in [0, 0.05) is 26.9 Å². The second kappa shape index (κ2) is 5.08. The summed E-state index contributed by atoms with van der Waals surface area (Å²) in [5, 5.41) is 23.0. The van der Waals surface area contributed by atoms with E-state index in [1.54, 1.807) is 6.07 Å². The third kappa shape index (κ3) is 2.21. The Morgan fingerprint density at radius 2 is 1.26 bits per heavy atom. The first-order valence-electron chi connectivity index (χ1n) is 6.96. The summed E-state index contributed by atoms with van der Waals surface area (Å²) in [7, 11) is 0. The van der Waals surface area contributed by atoms with Crippen LogP contribution >= 0.6 is 23.2 Å². The van der Waals surface area contributed by atoms with E-state index < -0.39 is 0 Å². The van der Waals surface area contributed by atoms with E-state index in [0.717, 1.165) is 21.8 Å². The van der Waals surface area contributed by atoms with Crippen LogP contribution in [0.15, 0.2) is 54.6 Å². The topological polar surface area (TPSA) is 45.4 Å². The maximum absolute atomic E-state index is 10.3. The number of fused-ring (bicyclic) bond motifs is 3. The van der Waals surface area contributed by atoms with Gasteiger partial charge in [-0.2, -0.15) is 0 Å². The van der Waals surface area contributed by atoms with Crippen molar-refractivity contribution in [2.45, 2.75) is 0 Å². The van der Waals surface area contributed by atoms with Crippen molar-refractivity contribution in [1.29, 1.82) is 0 Å². The highest BCUT2D eigenvalue weighted by Gasteiger charge is 2.15. The van der Waals surface area contributed by atoms with Crippen LogP contribution in [0.2, 0.25) is 10.0 Å². The Balaban J connectivity index is 2.21. The van der Waals surface area contributed by atoms with Crippen molar-refractivity contribution >= 4 is 45.0 Å². The second-order valence-corrected chi connectivity index (χ2v) is 6.20. The molecule has 0 saturated heterocycles. The summed E-state index contributed by atoms with van der Waals surface area (Å²) in [6, 6.07) is 15.7. The highest BCUT2D eigenvalue weighted by molar-refractivity contribution is 6.32. The zero-order valence-corrected chi connectivity index (χ0v) is 13.3. The summed E-state index contributed by atoms with van der Waals surface area (Å²) >= 11 is 12.3. The molecule has 0 atom stereocenters. The van der Waals surface area contributed by atoms with Gasteiger partial charge in [-0.1, -0.05) is 35.3 Å². The Morgan fingerprint density at radius 1 is 0.696 bits per heavy atom. The Labute approximate surface area is 141 Å². The predicted octanol–water partition coefficient (Wildman–Crippen LogP) is 5.50. The molecule has 5 heteroatoms. The minimum absolute atomic E-state index is 0.00285. The van der Waals surface area contributed by atoms with Crippen molar-refractivity contribution in [3.63, 3.8) is 0 Å². The largest absolute Gasteiger partial charge is 0.508 e. The van der Waals surface area contributed by atoms with Gasteiger partial charge in [-0.15, -0.1) is 0 Å². The van der Waals surface area contributed by atoms with E-state index in [9.17, 15) is 10.2 Å². The predicted molar refractivity (Wildman–Crippen MR) is 94.1 cm³/mol. The maximum atomic E-state index is 10.3. The minimum atomic E-state index is -0.0243. The van der Waals surface area contributed by atoms with Gasteiger partial charge >= 0.3 is 0 Å². The first-order chi connectivity index (χ1) is 11.0. The average Bonchev–Trinajstić information content (AvgIpc) is 2.80. The quantitative estimate of drug-likeness (QED) is 0.479. The molecule has 0 aliphatic rings. The van der Waals surface area contributed by atoms with Gasteiger partial charge in [-0.3, -0.25) is 0 Å². The number of halogens is 2. The maximum Gasteiger partial charge on any atom is 0.143 e. The zero-order chi connectivity index (χ0) is 16.1. The van der Waals surface area contributed by atoms with Crippen LogP contribution in [-0.2, 0) is 0 Å². The van der Waals surface area contributed by atoms with Gasteiger partial charge in [0.1, 0.15) is 11.5 Å². The van der Waals surface area contributed by atoms with Gasteiger partial charge in [0.2, 0.25) is 0 Å². The third-order valence-corrected chi connectivity index (χ3v) is 4.36. The average molecular weight is 344 g/mol. The minimum Gasteiger partial charge on any atom is -0.508 e. The number of nitrogens with zero attached hydrogens (tertiary/aromatic N) is 1. The molecule has 3 aromatic carbocycles. The first kappa shape index (κ1) is 14.2. The SMILES string of the molecule is Oc1ccc(-n2c3cc(Cl)ccc3c3ccc(Cl)cc32)c(O)c1. The summed E-state index contributed by atoms with van der Waals surface area (Å²) < 4.78 is 1.89. The molecule has 0 unspecified atom stereocenters. The molecule has 2 N–H and O–H groups in total. The summed E-state index contributed by atoms with van der Waals surface area (Å²) in [5.74, 6) is -0.0215. The van der Waals surface area contributed by atoms with E-state index in [1.165, 1.54) is 12.1 Å². The van der Waals surface area contributed by atoms with Crippen molar-refractivity contribution in [2.24, 2.45) is 0 Å². The molecular weight excluding hydrogens is 333 g/mol. The lowest BCUT2D eigenvalue weighted by molar-refractivity contribution is 0.449. The Morgan fingerprint density at radius 3 is 1.78 bits per heavy atom. The van der Waals surface area contributed by atoms with E-state index >= 15 is 0 Å². The van der Waals surface area contributed by atoms with Gasteiger partial charge < -0.3 is 14.8 Å². The lowest BCUT2D eigenvalue weighted by atomic mass is 10.1. The van der Waals surface area contributed by atoms with E-state index in [0.29, 0.717) is 15.7 Å². The fraction of sp³-hybridized carbons (Fsp3) is 0. The van der Waals surface area contributed by atoms with Crippen LogP contribution in [0.1, 0.15) is 0 Å². The van der Waals surface area contributed by atoms with Crippen LogP contribution in [0, 0.1) is 0 Å². The highest BCUT2D eigenvalue weighted by atomic mass is 35.5. The van der Waals surface area contributed by atoms with E-state index in [4.69, 9.17) is 23.2 Å². The number of rotatable bonds is 1. The molecule has 23 heavy (non-hydrogen) atoms. The van der Waals surface area contributed by atoms with Crippen molar-refractivity contribution in [2.75, 3.05) is 0 Å². The summed E-state index contributed by atoms with van der Waals surface area (Å²) in [4.78, 5) is 0. The molecule has 0 bridgehead atoms. The van der Waals surface area contributed by atoms with Crippen LogP contribution in [0.25, 0.3) is 27.5 Å². The van der Waals surface area contributed by atoms with Crippen molar-refractivity contribution in [3.8, 4) is 17.2 Å². The monoisotopic (exact) mass is 343 g/mol. The molecule has 3 nitrogen and oxygen atoms in total. The lowest BCUT2D eigenvalue weighted by Crippen LogP contribution is -1.94. The van der Waals surface area contributed by atoms with Crippen LogP contribution in [-0.4, -0.2) is 14.8 Å². The van der Waals surface area contributed by atoms with Gasteiger partial charge in [0.25, 0.3) is 0 Å². The molecular formula is C18H11Cl2NO2. The number of aromatic hydroxyl groups is 2. The second-order valence-electron chi connectivity index (χ2n) is 5.33. The number of aromatic nitrogens is 1. The molecule has 0 radical (unpaired) electrons. The summed E-state index contributed by atoms with van der Waals surface area (Å²) in [5.41, 5.74) is 2.26. The van der Waals surface area contributed by atoms with Crippen molar-refractivity contribution < 1.29 is 10.2 Å². The Hall–Kier alpha value is -2.36. The Kier molecular flexibility index (Phi) is 3.15. The summed E-state index contributed by atoms with van der Waals surface area (Å²) in [6.45, 7) is 0. The molecule has 114 valence electrons. The molecule has 0 amide bonds. The fourth-order valence-corrected chi connectivity index (χ4v) is 3.26. The molecule has 0 saturated carbocycles. The number of hydrogen-bond acceptors (Lipinski definition) is 2. The van der Waals surface area contributed by atoms with Crippen LogP contribution < -0.4 is 0 Å².